The van der Waals surface area contributed by atoms with E-state index in [4.69, 9.17) is 0 Å². The summed E-state index contributed by atoms with van der Waals surface area (Å²) in [5.41, 5.74) is -4.45. The molecule has 1 aliphatic heterocycles. The van der Waals surface area contributed by atoms with Crippen LogP contribution in [-0.2, 0) is 27.4 Å². The third kappa shape index (κ3) is 6.63. The Morgan fingerprint density at radius 2 is 1.44 bits per heavy atom. The van der Waals surface area contributed by atoms with Gasteiger partial charge in [-0.1, -0.05) is 6.07 Å². The molecular formula is C31H29F7N4O2S. The van der Waals surface area contributed by atoms with Crippen molar-refractivity contribution in [2.24, 2.45) is 0 Å². The molecule has 1 saturated heterocycles. The summed E-state index contributed by atoms with van der Waals surface area (Å²) in [6.07, 6.45) is -10.2. The minimum atomic E-state index is -5.11. The molecule has 4 rings (SSSR count). The summed E-state index contributed by atoms with van der Waals surface area (Å²) < 4.78 is 96.0. The second kappa shape index (κ2) is 12.0. The van der Waals surface area contributed by atoms with Crippen LogP contribution in [-0.4, -0.2) is 49.9 Å². The molecule has 0 saturated carbocycles. The number of halogens is 7. The highest BCUT2D eigenvalue weighted by atomic mass is 32.1. The minimum Gasteiger partial charge on any atom is -0.359 e. The smallest absolute Gasteiger partial charge is 0.359 e. The van der Waals surface area contributed by atoms with Crippen LogP contribution in [0.15, 0.2) is 36.4 Å². The number of carbonyl (C=O) groups is 2. The Hall–Kier alpha value is -4.12. The predicted octanol–water partition coefficient (Wildman–Crippen LogP) is 7.38. The Morgan fingerprint density at radius 3 is 1.91 bits per heavy atom. The number of alkyl halides is 6. The molecule has 240 valence electrons. The number of anilines is 2. The van der Waals surface area contributed by atoms with E-state index in [0.29, 0.717) is 59.3 Å². The van der Waals surface area contributed by atoms with E-state index < -0.39 is 46.2 Å². The molecule has 1 aliphatic rings. The lowest BCUT2D eigenvalue weighted by Gasteiger charge is -2.35. The zero-order valence-corrected chi connectivity index (χ0v) is 25.8. The van der Waals surface area contributed by atoms with Gasteiger partial charge in [0.25, 0.3) is 0 Å². The van der Waals surface area contributed by atoms with Crippen LogP contribution in [0.4, 0.5) is 41.4 Å². The normalized spacial score (nSPS) is 14.4. The molecule has 0 aliphatic carbocycles. The van der Waals surface area contributed by atoms with Crippen LogP contribution in [0.3, 0.4) is 0 Å². The molecule has 6 nitrogen and oxygen atoms in total. The summed E-state index contributed by atoms with van der Waals surface area (Å²) in [5.74, 6) is -1.51. The number of hydrogen-bond donors (Lipinski definition) is 0. The molecule has 0 atom stereocenters. The maximum atomic E-state index is 14.1. The van der Waals surface area contributed by atoms with Gasteiger partial charge in [-0.15, -0.1) is 11.3 Å². The molecule has 0 radical (unpaired) electrons. The number of aryl methyl sites for hydroxylation is 1. The number of hydrogen-bond acceptors (Lipinski definition) is 5. The Kier molecular flexibility index (Phi) is 9.00. The fraction of sp³-hybridized carbons (Fsp3) is 0.387. The van der Waals surface area contributed by atoms with E-state index >= 15 is 0 Å². The van der Waals surface area contributed by atoms with Crippen molar-refractivity contribution < 1.29 is 40.3 Å². The van der Waals surface area contributed by atoms with Gasteiger partial charge < -0.3 is 14.7 Å². The quantitative estimate of drug-likeness (QED) is 0.270. The number of carbonyl (C=O) groups excluding carboxylic acids is 2. The van der Waals surface area contributed by atoms with E-state index in [2.05, 4.69) is 6.07 Å². The number of benzene rings is 2. The second-order valence-electron chi connectivity index (χ2n) is 11.3. The van der Waals surface area contributed by atoms with Crippen molar-refractivity contribution in [3.63, 3.8) is 0 Å². The van der Waals surface area contributed by atoms with Gasteiger partial charge in [0.2, 0.25) is 11.8 Å². The van der Waals surface area contributed by atoms with Crippen LogP contribution >= 0.6 is 11.3 Å². The molecule has 1 aromatic heterocycles. The van der Waals surface area contributed by atoms with E-state index in [0.717, 1.165) is 16.2 Å². The summed E-state index contributed by atoms with van der Waals surface area (Å²) in [4.78, 5) is 31.0. The predicted molar refractivity (Wildman–Crippen MR) is 157 cm³/mol. The molecule has 14 heteroatoms. The van der Waals surface area contributed by atoms with Crippen molar-refractivity contribution in [3.05, 3.63) is 70.0 Å². The molecular weight excluding hydrogens is 625 g/mol. The molecule has 0 bridgehead atoms. The fourth-order valence-corrected chi connectivity index (χ4v) is 6.73. The molecule has 45 heavy (non-hydrogen) atoms. The van der Waals surface area contributed by atoms with Gasteiger partial charge >= 0.3 is 12.4 Å². The van der Waals surface area contributed by atoms with Gasteiger partial charge in [0.05, 0.1) is 27.1 Å². The van der Waals surface area contributed by atoms with Crippen molar-refractivity contribution in [2.75, 3.05) is 43.0 Å². The molecule has 0 spiro atoms. The lowest BCUT2D eigenvalue weighted by molar-refractivity contribution is -0.143. The number of thiophene rings is 1. The first kappa shape index (κ1) is 33.8. The SMILES string of the molecule is CC(=O)N1CCN(c2sc(-c3ccc(F)cc3C)c(N(C)C(=O)C(C)(C)c3cc(C(F)(F)F)cc(C(F)(F)F)c3)c2C#N)CC1. The average Bonchev–Trinajstić information content (AvgIpc) is 3.34. The summed E-state index contributed by atoms with van der Waals surface area (Å²) in [5, 5.41) is 10.8. The zero-order valence-electron chi connectivity index (χ0n) is 25.0. The van der Waals surface area contributed by atoms with Crippen LogP contribution in [0.2, 0.25) is 0 Å². The summed E-state index contributed by atoms with van der Waals surface area (Å²) in [6, 6.07) is 7.10. The van der Waals surface area contributed by atoms with Gasteiger partial charge in [-0.25, -0.2) is 4.39 Å². The first-order valence-electron chi connectivity index (χ1n) is 13.7. The molecule has 0 unspecified atom stereocenters. The second-order valence-corrected chi connectivity index (χ2v) is 12.3. The molecule has 2 amide bonds. The molecule has 3 aromatic rings. The number of nitriles is 1. The minimum absolute atomic E-state index is 0.00597. The van der Waals surface area contributed by atoms with E-state index in [1.165, 1.54) is 46.0 Å². The topological polar surface area (TPSA) is 67.7 Å². The van der Waals surface area contributed by atoms with E-state index in [1.54, 1.807) is 11.8 Å². The maximum absolute atomic E-state index is 14.1. The van der Waals surface area contributed by atoms with Crippen molar-refractivity contribution in [2.45, 2.75) is 45.5 Å². The van der Waals surface area contributed by atoms with Gasteiger partial charge in [-0.3, -0.25) is 9.59 Å². The Bertz CT molecular complexity index is 1650. The van der Waals surface area contributed by atoms with Gasteiger partial charge in [0.15, 0.2) is 0 Å². The number of nitrogens with zero attached hydrogens (tertiary/aromatic N) is 4. The van der Waals surface area contributed by atoms with Gasteiger partial charge in [0.1, 0.15) is 22.5 Å². The third-order valence-corrected chi connectivity index (χ3v) is 9.18. The number of amides is 2. The van der Waals surface area contributed by atoms with Crippen LogP contribution in [0.25, 0.3) is 10.4 Å². The van der Waals surface area contributed by atoms with Crippen molar-refractivity contribution in [1.82, 2.24) is 4.90 Å². The summed E-state index contributed by atoms with van der Waals surface area (Å²) in [7, 11) is 1.30. The van der Waals surface area contributed by atoms with E-state index in [-0.39, 0.29) is 23.2 Å². The van der Waals surface area contributed by atoms with E-state index in [1.807, 2.05) is 4.90 Å². The lowest BCUT2D eigenvalue weighted by Crippen LogP contribution is -2.48. The largest absolute Gasteiger partial charge is 0.416 e. The molecule has 0 N–H and O–H groups in total. The fourth-order valence-electron chi connectivity index (χ4n) is 5.30. The van der Waals surface area contributed by atoms with Gasteiger partial charge in [-0.2, -0.15) is 31.6 Å². The standard InChI is InChI=1S/C31H29F7N4O2S/c1-17-12-22(32)6-7-23(17)26-25(24(16-39)27(45-26)42-10-8-41(9-11-42)18(2)43)40(5)28(44)29(3,4)19-13-20(30(33,34)35)15-21(14-19)31(36,37)38/h6-7,12-15H,8-11H2,1-5H3. The molecule has 1 fully saturated rings. The van der Waals surface area contributed by atoms with Crippen LogP contribution < -0.4 is 9.80 Å². The Labute approximate surface area is 259 Å². The summed E-state index contributed by atoms with van der Waals surface area (Å²) in [6.45, 7) is 6.97. The Morgan fingerprint density at radius 1 is 0.911 bits per heavy atom. The highest BCUT2D eigenvalue weighted by Gasteiger charge is 2.42. The van der Waals surface area contributed by atoms with Gasteiger partial charge in [-0.05, 0) is 67.8 Å². The molecule has 2 aromatic carbocycles. The number of likely N-dealkylation sites (N-methyl/N-ethyl adjacent to an activating group) is 1. The van der Waals surface area contributed by atoms with Crippen molar-refractivity contribution in [3.8, 4) is 16.5 Å². The lowest BCUT2D eigenvalue weighted by atomic mass is 9.81. The van der Waals surface area contributed by atoms with Crippen molar-refractivity contribution in [1.29, 1.82) is 5.26 Å². The summed E-state index contributed by atoms with van der Waals surface area (Å²) >= 11 is 1.15. The number of rotatable bonds is 5. The zero-order chi connectivity index (χ0) is 33.6. The molecule has 2 heterocycles. The first-order valence-corrected chi connectivity index (χ1v) is 14.5. The average molecular weight is 655 g/mol. The van der Waals surface area contributed by atoms with Crippen LogP contribution in [0, 0.1) is 24.1 Å². The Balaban J connectivity index is 1.88. The number of piperazine rings is 1. The van der Waals surface area contributed by atoms with Crippen LogP contribution in [0.5, 0.6) is 0 Å². The highest BCUT2D eigenvalue weighted by Crippen LogP contribution is 2.49. The first-order chi connectivity index (χ1) is 20.8. The van der Waals surface area contributed by atoms with E-state index in [9.17, 15) is 45.6 Å². The monoisotopic (exact) mass is 654 g/mol. The highest BCUT2D eigenvalue weighted by molar-refractivity contribution is 7.20. The maximum Gasteiger partial charge on any atom is 0.416 e. The van der Waals surface area contributed by atoms with Gasteiger partial charge in [0, 0.05) is 40.2 Å². The van der Waals surface area contributed by atoms with Crippen molar-refractivity contribution >= 4 is 33.8 Å². The third-order valence-electron chi connectivity index (χ3n) is 7.91. The van der Waals surface area contributed by atoms with Crippen LogP contribution in [0.1, 0.15) is 48.6 Å².